The van der Waals surface area contributed by atoms with Gasteiger partial charge in [-0.15, -0.1) is 0 Å². The van der Waals surface area contributed by atoms with Gasteiger partial charge in [0.25, 0.3) is 0 Å². The molecule has 0 aromatic heterocycles. The lowest BCUT2D eigenvalue weighted by Crippen LogP contribution is -2.55. The van der Waals surface area contributed by atoms with Crippen molar-refractivity contribution >= 4 is 8.56 Å². The lowest BCUT2D eigenvalue weighted by molar-refractivity contribution is 0.178. The quantitative estimate of drug-likeness (QED) is 0.454. The number of unbranched alkanes of at least 4 members (excludes halogenated alkanes) is 2. The van der Waals surface area contributed by atoms with Gasteiger partial charge in [0.2, 0.25) is 0 Å². The van der Waals surface area contributed by atoms with Crippen molar-refractivity contribution in [2.45, 2.75) is 51.7 Å². The van der Waals surface area contributed by atoms with Crippen LogP contribution in [0.15, 0.2) is 0 Å². The molecule has 0 amide bonds. The van der Waals surface area contributed by atoms with E-state index in [9.17, 15) is 0 Å². The van der Waals surface area contributed by atoms with E-state index in [4.69, 9.17) is 20.3 Å². The molecule has 1 unspecified atom stereocenters. The van der Waals surface area contributed by atoms with Crippen molar-refractivity contribution in [2.24, 2.45) is 11.5 Å². The van der Waals surface area contributed by atoms with Gasteiger partial charge in [0.1, 0.15) is 0 Å². The van der Waals surface area contributed by atoms with E-state index in [1.54, 1.807) is 0 Å². The molecule has 0 aliphatic heterocycles. The molecule has 0 fully saturated rings. The molecule has 0 aliphatic rings. The standard InChI is InChI=1S/C11H28N2O2Si/c1-4-14-16(3,15-5-2)11(13)9-7-6-8-10-12/h11H,4-10,12-13H2,1-3H3. The average Bonchev–Trinajstić information content (AvgIpc) is 2.24. The van der Waals surface area contributed by atoms with Crippen LogP contribution in [-0.2, 0) is 8.85 Å². The summed E-state index contributed by atoms with van der Waals surface area (Å²) in [6, 6.07) is 0. The summed E-state index contributed by atoms with van der Waals surface area (Å²) in [6.07, 6.45) is 4.31. The third kappa shape index (κ3) is 5.96. The zero-order valence-corrected chi connectivity index (χ0v) is 12.0. The van der Waals surface area contributed by atoms with E-state index < -0.39 is 8.56 Å². The van der Waals surface area contributed by atoms with Gasteiger partial charge < -0.3 is 20.3 Å². The van der Waals surface area contributed by atoms with Crippen LogP contribution in [0.4, 0.5) is 0 Å². The van der Waals surface area contributed by atoms with Crippen LogP contribution < -0.4 is 11.5 Å². The Bertz CT molecular complexity index is 164. The molecular formula is C11H28N2O2Si. The molecule has 1 atom stereocenters. The third-order valence-electron chi connectivity index (χ3n) is 2.75. The minimum absolute atomic E-state index is 0.0603. The predicted octanol–water partition coefficient (Wildman–Crippen LogP) is 1.52. The fraction of sp³-hybridized carbons (Fsp3) is 1.00. The molecule has 0 saturated heterocycles. The zero-order valence-electron chi connectivity index (χ0n) is 11.0. The fourth-order valence-electron chi connectivity index (χ4n) is 1.78. The molecule has 0 bridgehead atoms. The number of hydrogen-bond acceptors (Lipinski definition) is 4. The molecule has 0 rings (SSSR count). The van der Waals surface area contributed by atoms with Gasteiger partial charge in [0, 0.05) is 18.9 Å². The highest BCUT2D eigenvalue weighted by Gasteiger charge is 2.37. The third-order valence-corrected chi connectivity index (χ3v) is 6.11. The van der Waals surface area contributed by atoms with Crippen LogP contribution in [0.3, 0.4) is 0 Å². The normalized spacial score (nSPS) is 14.1. The van der Waals surface area contributed by atoms with Crippen LogP contribution in [0.1, 0.15) is 39.5 Å². The van der Waals surface area contributed by atoms with Crippen molar-refractivity contribution < 1.29 is 8.85 Å². The highest BCUT2D eigenvalue weighted by Crippen LogP contribution is 2.16. The summed E-state index contributed by atoms with van der Waals surface area (Å²) >= 11 is 0. The van der Waals surface area contributed by atoms with E-state index in [0.29, 0.717) is 13.2 Å². The summed E-state index contributed by atoms with van der Waals surface area (Å²) in [6.45, 7) is 8.17. The van der Waals surface area contributed by atoms with Crippen LogP contribution >= 0.6 is 0 Å². The van der Waals surface area contributed by atoms with Crippen molar-refractivity contribution in [1.82, 2.24) is 0 Å². The fourth-order valence-corrected chi connectivity index (χ4v) is 4.16. The summed E-state index contributed by atoms with van der Waals surface area (Å²) in [5.74, 6) is 0. The predicted molar refractivity (Wildman–Crippen MR) is 70.4 cm³/mol. The Kier molecular flexibility index (Phi) is 9.16. The van der Waals surface area contributed by atoms with E-state index >= 15 is 0 Å². The second kappa shape index (κ2) is 9.12. The first-order valence-corrected chi connectivity index (χ1v) is 8.73. The molecular weight excluding hydrogens is 220 g/mol. The summed E-state index contributed by atoms with van der Waals surface area (Å²) in [5, 5.41) is 0. The maximum Gasteiger partial charge on any atom is 0.352 e. The lowest BCUT2D eigenvalue weighted by atomic mass is 10.2. The SMILES string of the molecule is CCO[Si](C)(OCC)C(N)CCCCCN. The average molecular weight is 248 g/mol. The molecule has 4 N–H and O–H groups in total. The first-order valence-electron chi connectivity index (χ1n) is 6.34. The van der Waals surface area contributed by atoms with Crippen molar-refractivity contribution in [2.75, 3.05) is 19.8 Å². The van der Waals surface area contributed by atoms with Gasteiger partial charge in [0.15, 0.2) is 0 Å². The van der Waals surface area contributed by atoms with E-state index in [-0.39, 0.29) is 5.67 Å². The van der Waals surface area contributed by atoms with Crippen LogP contribution in [0, 0.1) is 0 Å². The Morgan fingerprint density at radius 3 is 2.06 bits per heavy atom. The van der Waals surface area contributed by atoms with Gasteiger partial charge in [-0.05, 0) is 39.8 Å². The van der Waals surface area contributed by atoms with Crippen LogP contribution in [0.5, 0.6) is 0 Å². The summed E-state index contributed by atoms with van der Waals surface area (Å²) in [7, 11) is -2.17. The lowest BCUT2D eigenvalue weighted by Gasteiger charge is -2.31. The van der Waals surface area contributed by atoms with E-state index in [0.717, 1.165) is 32.2 Å². The Labute approximate surface area is 101 Å². The molecule has 0 aromatic carbocycles. The zero-order chi connectivity index (χ0) is 12.4. The first-order chi connectivity index (χ1) is 7.60. The van der Waals surface area contributed by atoms with Gasteiger partial charge in [-0.25, -0.2) is 0 Å². The maximum absolute atomic E-state index is 6.19. The maximum atomic E-state index is 6.19. The van der Waals surface area contributed by atoms with Crippen molar-refractivity contribution in [3.05, 3.63) is 0 Å². The largest absolute Gasteiger partial charge is 0.394 e. The molecule has 5 heteroatoms. The van der Waals surface area contributed by atoms with Gasteiger partial charge in [0.05, 0.1) is 0 Å². The number of rotatable bonds is 10. The second-order valence-corrected chi connectivity index (χ2v) is 7.48. The minimum Gasteiger partial charge on any atom is -0.394 e. The first kappa shape index (κ1) is 16.1. The monoisotopic (exact) mass is 248 g/mol. The van der Waals surface area contributed by atoms with Crippen molar-refractivity contribution in [3.8, 4) is 0 Å². The summed E-state index contributed by atoms with van der Waals surface area (Å²) in [4.78, 5) is 0. The Morgan fingerprint density at radius 2 is 1.62 bits per heavy atom. The van der Waals surface area contributed by atoms with Crippen LogP contribution in [0.2, 0.25) is 6.55 Å². The Hall–Kier alpha value is 0.0569. The molecule has 16 heavy (non-hydrogen) atoms. The molecule has 0 saturated carbocycles. The van der Waals surface area contributed by atoms with E-state index in [2.05, 4.69) is 6.55 Å². The molecule has 98 valence electrons. The minimum atomic E-state index is -2.17. The molecule has 0 heterocycles. The topological polar surface area (TPSA) is 70.5 Å². The number of nitrogens with two attached hydrogens (primary N) is 2. The molecule has 0 spiro atoms. The summed E-state index contributed by atoms with van der Waals surface area (Å²) < 4.78 is 11.5. The highest BCUT2D eigenvalue weighted by atomic mass is 28.4. The number of hydrogen-bond donors (Lipinski definition) is 2. The van der Waals surface area contributed by atoms with Gasteiger partial charge >= 0.3 is 8.56 Å². The molecule has 0 radical (unpaired) electrons. The molecule has 0 aromatic rings. The van der Waals surface area contributed by atoms with Crippen LogP contribution in [0.25, 0.3) is 0 Å². The summed E-state index contributed by atoms with van der Waals surface area (Å²) in [5.41, 5.74) is 11.7. The van der Waals surface area contributed by atoms with Crippen molar-refractivity contribution in [3.63, 3.8) is 0 Å². The smallest absolute Gasteiger partial charge is 0.352 e. The molecule has 0 aliphatic carbocycles. The van der Waals surface area contributed by atoms with Crippen molar-refractivity contribution in [1.29, 1.82) is 0 Å². The van der Waals surface area contributed by atoms with Gasteiger partial charge in [-0.2, -0.15) is 0 Å². The Balaban J connectivity index is 4.00. The van der Waals surface area contributed by atoms with Crippen LogP contribution in [-0.4, -0.2) is 34.0 Å². The molecule has 4 nitrogen and oxygen atoms in total. The Morgan fingerprint density at radius 1 is 1.06 bits per heavy atom. The van der Waals surface area contributed by atoms with E-state index in [1.807, 2.05) is 13.8 Å². The second-order valence-electron chi connectivity index (χ2n) is 4.13. The highest BCUT2D eigenvalue weighted by molar-refractivity contribution is 6.67. The van der Waals surface area contributed by atoms with E-state index in [1.165, 1.54) is 0 Å². The van der Waals surface area contributed by atoms with Gasteiger partial charge in [-0.3, -0.25) is 0 Å². The van der Waals surface area contributed by atoms with Gasteiger partial charge in [-0.1, -0.05) is 12.8 Å².